The Bertz CT molecular complexity index is 455. The van der Waals surface area contributed by atoms with E-state index in [1.165, 1.54) is 13.2 Å². The van der Waals surface area contributed by atoms with Crippen LogP contribution in [0.3, 0.4) is 0 Å². The SMILES string of the molecule is COC(=O)c1cc(C2CC2)c(N=O)cc1F. The normalized spacial score (nSPS) is 14.6. The van der Waals surface area contributed by atoms with Crippen LogP contribution in [0.15, 0.2) is 17.3 Å². The molecule has 1 aromatic rings. The monoisotopic (exact) mass is 223 g/mol. The summed E-state index contributed by atoms with van der Waals surface area (Å²) < 4.78 is 17.9. The minimum atomic E-state index is -0.772. The number of hydrogen-bond donors (Lipinski definition) is 0. The summed E-state index contributed by atoms with van der Waals surface area (Å²) in [6.07, 6.45) is 1.88. The maximum Gasteiger partial charge on any atom is 0.340 e. The van der Waals surface area contributed by atoms with Crippen LogP contribution >= 0.6 is 0 Å². The van der Waals surface area contributed by atoms with Crippen molar-refractivity contribution < 1.29 is 13.9 Å². The number of carbonyl (C=O) groups is 1. The summed E-state index contributed by atoms with van der Waals surface area (Å²) in [7, 11) is 1.18. The van der Waals surface area contributed by atoms with Gasteiger partial charge in [0.25, 0.3) is 0 Å². The van der Waals surface area contributed by atoms with Crippen LogP contribution in [0.2, 0.25) is 0 Å². The molecule has 5 heteroatoms. The number of hydrogen-bond acceptors (Lipinski definition) is 4. The van der Waals surface area contributed by atoms with Gasteiger partial charge in [-0.05, 0) is 35.6 Å². The topological polar surface area (TPSA) is 55.7 Å². The first kappa shape index (κ1) is 10.7. The smallest absolute Gasteiger partial charge is 0.340 e. The summed E-state index contributed by atoms with van der Waals surface area (Å²) in [6.45, 7) is 0. The minimum absolute atomic E-state index is 0.0765. The molecule has 0 unspecified atom stereocenters. The van der Waals surface area contributed by atoms with Gasteiger partial charge in [-0.3, -0.25) is 0 Å². The summed E-state index contributed by atoms with van der Waals surface area (Å²) in [5.41, 5.74) is 0.571. The van der Waals surface area contributed by atoms with Crippen molar-refractivity contribution in [1.29, 1.82) is 0 Å². The molecule has 1 saturated carbocycles. The fourth-order valence-electron chi connectivity index (χ4n) is 1.65. The van der Waals surface area contributed by atoms with Crippen LogP contribution in [0, 0.1) is 10.7 Å². The molecule has 1 fully saturated rings. The third-order valence-electron chi connectivity index (χ3n) is 2.64. The van der Waals surface area contributed by atoms with Gasteiger partial charge in [0.05, 0.1) is 12.7 Å². The molecule has 0 amide bonds. The van der Waals surface area contributed by atoms with Gasteiger partial charge in [0.1, 0.15) is 11.5 Å². The van der Waals surface area contributed by atoms with Crippen molar-refractivity contribution in [1.82, 2.24) is 0 Å². The van der Waals surface area contributed by atoms with E-state index < -0.39 is 11.8 Å². The van der Waals surface area contributed by atoms with Gasteiger partial charge in [-0.2, -0.15) is 0 Å². The minimum Gasteiger partial charge on any atom is -0.465 e. The predicted molar refractivity (Wildman–Crippen MR) is 55.2 cm³/mol. The Morgan fingerprint density at radius 1 is 1.50 bits per heavy atom. The fraction of sp³-hybridized carbons (Fsp3) is 0.364. The number of benzene rings is 1. The Labute approximate surface area is 91.4 Å². The first-order chi connectivity index (χ1) is 7.67. The molecule has 0 N–H and O–H groups in total. The van der Waals surface area contributed by atoms with Crippen LogP contribution in [-0.4, -0.2) is 13.1 Å². The number of halogens is 1. The fourth-order valence-corrected chi connectivity index (χ4v) is 1.65. The largest absolute Gasteiger partial charge is 0.465 e. The molecule has 1 aliphatic carbocycles. The van der Waals surface area contributed by atoms with Crippen molar-refractivity contribution in [2.24, 2.45) is 5.18 Å². The van der Waals surface area contributed by atoms with E-state index in [0.29, 0.717) is 5.56 Å². The number of esters is 1. The predicted octanol–water partition coefficient (Wildman–Crippen LogP) is 2.89. The van der Waals surface area contributed by atoms with Gasteiger partial charge in [-0.25, -0.2) is 9.18 Å². The number of methoxy groups -OCH3 is 1. The molecular weight excluding hydrogens is 213 g/mol. The zero-order chi connectivity index (χ0) is 11.7. The molecule has 1 aromatic carbocycles. The Morgan fingerprint density at radius 3 is 2.69 bits per heavy atom. The van der Waals surface area contributed by atoms with Gasteiger partial charge in [0.15, 0.2) is 0 Å². The van der Waals surface area contributed by atoms with E-state index >= 15 is 0 Å². The maximum atomic E-state index is 13.4. The van der Waals surface area contributed by atoms with E-state index in [9.17, 15) is 14.1 Å². The van der Waals surface area contributed by atoms with E-state index in [4.69, 9.17) is 0 Å². The first-order valence-electron chi connectivity index (χ1n) is 4.92. The number of nitrogens with zero attached hydrogens (tertiary/aromatic N) is 1. The van der Waals surface area contributed by atoms with Gasteiger partial charge >= 0.3 is 5.97 Å². The van der Waals surface area contributed by atoms with E-state index in [0.717, 1.165) is 18.9 Å². The third-order valence-corrected chi connectivity index (χ3v) is 2.64. The van der Waals surface area contributed by atoms with Gasteiger partial charge in [0.2, 0.25) is 0 Å². The molecule has 0 heterocycles. The van der Waals surface area contributed by atoms with Gasteiger partial charge in [0, 0.05) is 6.07 Å². The quantitative estimate of drug-likeness (QED) is 0.584. The highest BCUT2D eigenvalue weighted by Gasteiger charge is 2.29. The van der Waals surface area contributed by atoms with Crippen LogP contribution in [0.5, 0.6) is 0 Å². The van der Waals surface area contributed by atoms with Crippen LogP contribution in [0.4, 0.5) is 10.1 Å². The number of ether oxygens (including phenoxy) is 1. The van der Waals surface area contributed by atoms with Crippen LogP contribution < -0.4 is 0 Å². The van der Waals surface area contributed by atoms with Crippen molar-refractivity contribution in [3.05, 3.63) is 34.0 Å². The molecule has 1 aliphatic rings. The summed E-state index contributed by atoms with van der Waals surface area (Å²) >= 11 is 0. The number of rotatable bonds is 3. The van der Waals surface area contributed by atoms with Gasteiger partial charge in [-0.1, -0.05) is 0 Å². The van der Waals surface area contributed by atoms with E-state index in [1.54, 1.807) is 0 Å². The van der Waals surface area contributed by atoms with Crippen molar-refractivity contribution in [3.8, 4) is 0 Å². The van der Waals surface area contributed by atoms with Crippen molar-refractivity contribution in [3.63, 3.8) is 0 Å². The van der Waals surface area contributed by atoms with Crippen molar-refractivity contribution >= 4 is 11.7 Å². The molecule has 0 bridgehead atoms. The highest BCUT2D eigenvalue weighted by atomic mass is 19.1. The highest BCUT2D eigenvalue weighted by Crippen LogP contribution is 2.45. The van der Waals surface area contributed by atoms with Crippen LogP contribution in [-0.2, 0) is 4.74 Å². The molecule has 84 valence electrons. The molecule has 2 rings (SSSR count). The van der Waals surface area contributed by atoms with Gasteiger partial charge in [-0.15, -0.1) is 4.91 Å². The lowest BCUT2D eigenvalue weighted by atomic mass is 10.0. The summed E-state index contributed by atoms with van der Waals surface area (Å²) in [5, 5.41) is 2.78. The van der Waals surface area contributed by atoms with Gasteiger partial charge < -0.3 is 4.74 Å². The maximum absolute atomic E-state index is 13.4. The molecule has 0 radical (unpaired) electrons. The average Bonchev–Trinajstić information content (AvgIpc) is 3.11. The Morgan fingerprint density at radius 2 is 2.19 bits per heavy atom. The lowest BCUT2D eigenvalue weighted by Crippen LogP contribution is -2.05. The molecule has 4 nitrogen and oxygen atoms in total. The van der Waals surface area contributed by atoms with E-state index in [2.05, 4.69) is 9.91 Å². The second-order valence-electron chi connectivity index (χ2n) is 3.75. The molecule has 0 spiro atoms. The second-order valence-corrected chi connectivity index (χ2v) is 3.75. The van der Waals surface area contributed by atoms with Crippen molar-refractivity contribution in [2.75, 3.05) is 7.11 Å². The van der Waals surface area contributed by atoms with Crippen LogP contribution in [0.1, 0.15) is 34.7 Å². The Hall–Kier alpha value is -1.78. The number of nitroso groups, excluding NO2 is 1. The molecule has 0 atom stereocenters. The zero-order valence-electron chi connectivity index (χ0n) is 8.70. The van der Waals surface area contributed by atoms with Crippen molar-refractivity contribution in [2.45, 2.75) is 18.8 Å². The molecule has 0 aromatic heterocycles. The highest BCUT2D eigenvalue weighted by molar-refractivity contribution is 5.90. The van der Waals surface area contributed by atoms with E-state index in [1.807, 2.05) is 0 Å². The standard InChI is InChI=1S/C11H10FNO3/c1-16-11(14)8-4-7(6-2-3-6)10(13-15)5-9(8)12/h4-6H,2-3H2,1H3. The van der Waals surface area contributed by atoms with Crippen LogP contribution in [0.25, 0.3) is 0 Å². The zero-order valence-corrected chi connectivity index (χ0v) is 8.70. The molecule has 0 saturated heterocycles. The Balaban J connectivity index is 2.50. The lowest BCUT2D eigenvalue weighted by Gasteiger charge is -2.06. The second kappa shape index (κ2) is 4.00. The third kappa shape index (κ3) is 1.80. The Kier molecular flexibility index (Phi) is 2.68. The van der Waals surface area contributed by atoms with E-state index in [-0.39, 0.29) is 17.2 Å². The molecule has 16 heavy (non-hydrogen) atoms. The lowest BCUT2D eigenvalue weighted by molar-refractivity contribution is 0.0595. The average molecular weight is 223 g/mol. The summed E-state index contributed by atoms with van der Waals surface area (Å²) in [6, 6.07) is 2.36. The first-order valence-corrected chi connectivity index (χ1v) is 4.92. The number of carbonyl (C=O) groups excluding carboxylic acids is 1. The molecule has 0 aliphatic heterocycles. The summed E-state index contributed by atoms with van der Waals surface area (Å²) in [4.78, 5) is 21.8. The molecular formula is C11H10FNO3. The summed E-state index contributed by atoms with van der Waals surface area (Å²) in [5.74, 6) is -1.29.